The summed E-state index contributed by atoms with van der Waals surface area (Å²) in [5.74, 6) is 0.0606. The van der Waals surface area contributed by atoms with Gasteiger partial charge in [-0.1, -0.05) is 29.8 Å². The molecule has 3 heteroatoms. The van der Waals surface area contributed by atoms with Gasteiger partial charge in [0.1, 0.15) is 0 Å². The van der Waals surface area contributed by atoms with Crippen LogP contribution in [0.15, 0.2) is 42.5 Å². The lowest BCUT2D eigenvalue weighted by Gasteiger charge is -2.21. The number of carbonyl (C=O) groups is 1. The van der Waals surface area contributed by atoms with Crippen LogP contribution in [0.1, 0.15) is 22.8 Å². The summed E-state index contributed by atoms with van der Waals surface area (Å²) < 4.78 is 0. The van der Waals surface area contributed by atoms with Crippen LogP contribution in [-0.4, -0.2) is 12.3 Å². The number of hydrogen-bond donors (Lipinski definition) is 0. The summed E-state index contributed by atoms with van der Waals surface area (Å²) in [5.41, 5.74) is 4.12. The lowest BCUT2D eigenvalue weighted by Crippen LogP contribution is -2.14. The van der Waals surface area contributed by atoms with E-state index < -0.39 is 0 Å². The van der Waals surface area contributed by atoms with Crippen molar-refractivity contribution < 1.29 is 4.79 Å². The first-order chi connectivity index (χ1) is 9.16. The minimum Gasteiger partial charge on any atom is -0.340 e. The number of nitrogens with zero attached hydrogens (tertiary/aromatic N) is 1. The average Bonchev–Trinajstić information content (AvgIpc) is 2.83. The maximum Gasteiger partial charge on any atom is 0.159 e. The Labute approximate surface area is 117 Å². The van der Waals surface area contributed by atoms with Crippen molar-refractivity contribution in [3.63, 3.8) is 0 Å². The SMILES string of the molecule is CC(=O)c1ccc(Cl)c(N2CCc3ccccc32)c1. The second-order valence-corrected chi connectivity index (χ2v) is 5.16. The number of rotatable bonds is 2. The van der Waals surface area contributed by atoms with Gasteiger partial charge in [0.2, 0.25) is 0 Å². The number of benzene rings is 2. The minimum atomic E-state index is 0.0606. The van der Waals surface area contributed by atoms with Crippen LogP contribution in [0.5, 0.6) is 0 Å². The second-order valence-electron chi connectivity index (χ2n) is 4.75. The van der Waals surface area contributed by atoms with Gasteiger partial charge in [-0.2, -0.15) is 0 Å². The molecule has 2 aromatic rings. The van der Waals surface area contributed by atoms with Gasteiger partial charge in [0.05, 0.1) is 10.7 Å². The predicted molar refractivity (Wildman–Crippen MR) is 78.6 cm³/mol. The molecule has 0 amide bonds. The summed E-state index contributed by atoms with van der Waals surface area (Å²) in [6.07, 6.45) is 1.01. The van der Waals surface area contributed by atoms with Gasteiger partial charge in [0.15, 0.2) is 5.78 Å². The van der Waals surface area contributed by atoms with E-state index in [1.807, 2.05) is 12.1 Å². The standard InChI is InChI=1S/C16H14ClNO/c1-11(19)13-6-7-14(17)16(10-13)18-9-8-12-4-2-3-5-15(12)18/h2-7,10H,8-9H2,1H3. The minimum absolute atomic E-state index is 0.0606. The Hall–Kier alpha value is -1.80. The smallest absolute Gasteiger partial charge is 0.159 e. The zero-order valence-corrected chi connectivity index (χ0v) is 11.4. The predicted octanol–water partition coefficient (Wildman–Crippen LogP) is 4.24. The molecule has 0 saturated carbocycles. The van der Waals surface area contributed by atoms with Gasteiger partial charge >= 0.3 is 0 Å². The Morgan fingerprint density at radius 1 is 1.16 bits per heavy atom. The monoisotopic (exact) mass is 271 g/mol. The zero-order valence-electron chi connectivity index (χ0n) is 10.7. The molecule has 19 heavy (non-hydrogen) atoms. The molecule has 0 spiro atoms. The van der Waals surface area contributed by atoms with Crippen LogP contribution < -0.4 is 4.90 Å². The molecule has 1 aliphatic heterocycles. The molecule has 1 aliphatic rings. The quantitative estimate of drug-likeness (QED) is 0.762. The molecule has 0 saturated heterocycles. The molecule has 0 radical (unpaired) electrons. The largest absolute Gasteiger partial charge is 0.340 e. The molecule has 0 aromatic heterocycles. The fraction of sp³-hybridized carbons (Fsp3) is 0.188. The van der Waals surface area contributed by atoms with E-state index in [9.17, 15) is 4.79 Å². The second kappa shape index (κ2) is 4.71. The Morgan fingerprint density at radius 3 is 2.74 bits per heavy atom. The van der Waals surface area contributed by atoms with Crippen molar-refractivity contribution in [2.75, 3.05) is 11.4 Å². The molecular weight excluding hydrogens is 258 g/mol. The van der Waals surface area contributed by atoms with Crippen LogP contribution in [-0.2, 0) is 6.42 Å². The van der Waals surface area contributed by atoms with Crippen molar-refractivity contribution in [3.8, 4) is 0 Å². The summed E-state index contributed by atoms with van der Waals surface area (Å²) in [6, 6.07) is 13.8. The lowest BCUT2D eigenvalue weighted by molar-refractivity contribution is 0.101. The molecule has 2 nitrogen and oxygen atoms in total. The van der Waals surface area contributed by atoms with Gasteiger partial charge in [-0.15, -0.1) is 0 Å². The fourth-order valence-electron chi connectivity index (χ4n) is 2.53. The van der Waals surface area contributed by atoms with E-state index in [0.29, 0.717) is 10.6 Å². The summed E-state index contributed by atoms with van der Waals surface area (Å²) in [6.45, 7) is 2.48. The van der Waals surface area contributed by atoms with Crippen molar-refractivity contribution in [1.29, 1.82) is 0 Å². The maximum atomic E-state index is 11.5. The van der Waals surface area contributed by atoms with Gasteiger partial charge in [0.25, 0.3) is 0 Å². The first-order valence-electron chi connectivity index (χ1n) is 6.33. The topological polar surface area (TPSA) is 20.3 Å². The number of Topliss-reactive ketones (excluding diaryl/α,β-unsaturated/α-hetero) is 1. The molecule has 1 heterocycles. The molecule has 0 atom stereocenters. The average molecular weight is 272 g/mol. The van der Waals surface area contributed by atoms with Crippen LogP contribution in [0.3, 0.4) is 0 Å². The third-order valence-corrected chi connectivity index (χ3v) is 3.85. The number of carbonyl (C=O) groups excluding carboxylic acids is 1. The third kappa shape index (κ3) is 2.13. The van der Waals surface area contributed by atoms with Crippen LogP contribution in [0.2, 0.25) is 5.02 Å². The number of halogens is 1. The summed E-state index contributed by atoms with van der Waals surface area (Å²) in [4.78, 5) is 13.7. The summed E-state index contributed by atoms with van der Waals surface area (Å²) in [5, 5.41) is 0.682. The Bertz CT molecular complexity index is 651. The number of ketones is 1. The van der Waals surface area contributed by atoms with Crippen LogP contribution >= 0.6 is 11.6 Å². The molecule has 2 aromatic carbocycles. The molecule has 0 unspecified atom stereocenters. The van der Waals surface area contributed by atoms with Gasteiger partial charge in [-0.3, -0.25) is 4.79 Å². The molecule has 96 valence electrons. The van der Waals surface area contributed by atoms with Crippen molar-refractivity contribution in [3.05, 3.63) is 58.6 Å². The first-order valence-corrected chi connectivity index (χ1v) is 6.70. The molecule has 3 rings (SSSR count). The van der Waals surface area contributed by atoms with Crippen molar-refractivity contribution >= 4 is 28.8 Å². The lowest BCUT2D eigenvalue weighted by atomic mass is 10.1. The molecule has 0 fully saturated rings. The highest BCUT2D eigenvalue weighted by Gasteiger charge is 2.22. The van der Waals surface area contributed by atoms with Gasteiger partial charge < -0.3 is 4.90 Å². The Kier molecular flexibility index (Phi) is 3.03. The summed E-state index contributed by atoms with van der Waals surface area (Å²) >= 11 is 6.29. The fourth-order valence-corrected chi connectivity index (χ4v) is 2.75. The number of para-hydroxylation sites is 1. The van der Waals surface area contributed by atoms with Gasteiger partial charge in [0, 0.05) is 17.8 Å². The molecule has 0 N–H and O–H groups in total. The van der Waals surface area contributed by atoms with E-state index in [2.05, 4.69) is 23.1 Å². The van der Waals surface area contributed by atoms with Crippen LogP contribution in [0.25, 0.3) is 0 Å². The molecular formula is C16H14ClNO. The van der Waals surface area contributed by atoms with Gasteiger partial charge in [-0.05, 0) is 43.2 Å². The Morgan fingerprint density at radius 2 is 1.95 bits per heavy atom. The van der Waals surface area contributed by atoms with E-state index in [4.69, 9.17) is 11.6 Å². The van der Waals surface area contributed by atoms with Crippen molar-refractivity contribution in [2.45, 2.75) is 13.3 Å². The van der Waals surface area contributed by atoms with Gasteiger partial charge in [-0.25, -0.2) is 0 Å². The zero-order chi connectivity index (χ0) is 13.4. The first kappa shape index (κ1) is 12.2. The number of hydrogen-bond acceptors (Lipinski definition) is 2. The molecule has 0 aliphatic carbocycles. The normalized spacial score (nSPS) is 13.5. The highest BCUT2D eigenvalue weighted by molar-refractivity contribution is 6.33. The highest BCUT2D eigenvalue weighted by atomic mass is 35.5. The summed E-state index contributed by atoms with van der Waals surface area (Å²) in [7, 11) is 0. The number of anilines is 2. The highest BCUT2D eigenvalue weighted by Crippen LogP contribution is 2.38. The van der Waals surface area contributed by atoms with E-state index in [0.717, 1.165) is 18.7 Å². The number of fused-ring (bicyclic) bond motifs is 1. The molecule has 0 bridgehead atoms. The van der Waals surface area contributed by atoms with E-state index in [-0.39, 0.29) is 5.78 Å². The maximum absolute atomic E-state index is 11.5. The van der Waals surface area contributed by atoms with E-state index >= 15 is 0 Å². The van der Waals surface area contributed by atoms with Crippen LogP contribution in [0.4, 0.5) is 11.4 Å². The van der Waals surface area contributed by atoms with E-state index in [1.165, 1.54) is 11.3 Å². The van der Waals surface area contributed by atoms with E-state index in [1.54, 1.807) is 19.1 Å². The van der Waals surface area contributed by atoms with Crippen molar-refractivity contribution in [2.24, 2.45) is 0 Å². The third-order valence-electron chi connectivity index (χ3n) is 3.53. The van der Waals surface area contributed by atoms with Crippen molar-refractivity contribution in [1.82, 2.24) is 0 Å². The Balaban J connectivity index is 2.09. The van der Waals surface area contributed by atoms with Crippen LogP contribution in [0, 0.1) is 0 Å².